The maximum absolute atomic E-state index is 13.4. The number of benzene rings is 1. The fraction of sp³-hybridized carbons (Fsp3) is 0.636. The van der Waals surface area contributed by atoms with Gasteiger partial charge in [-0.15, -0.1) is 0 Å². The van der Waals surface area contributed by atoms with Crippen molar-refractivity contribution in [2.24, 2.45) is 5.92 Å². The number of morpholine rings is 1. The van der Waals surface area contributed by atoms with Gasteiger partial charge in [0.15, 0.2) is 0 Å². The number of hydrogen-bond acceptors (Lipinski definition) is 4. The second-order valence-electron chi connectivity index (χ2n) is 8.31. The predicted octanol–water partition coefficient (Wildman–Crippen LogP) is 2.00. The fourth-order valence-electron chi connectivity index (χ4n) is 4.82. The van der Waals surface area contributed by atoms with Gasteiger partial charge in [0.05, 0.1) is 19.1 Å². The van der Waals surface area contributed by atoms with Gasteiger partial charge >= 0.3 is 0 Å². The zero-order valence-electron chi connectivity index (χ0n) is 16.9. The summed E-state index contributed by atoms with van der Waals surface area (Å²) in [7, 11) is 0. The lowest BCUT2D eigenvalue weighted by atomic mass is 9.92. The number of amides is 2. The molecule has 2 amide bonds. The van der Waals surface area contributed by atoms with E-state index in [9.17, 15) is 14.0 Å². The molecule has 3 saturated heterocycles. The first kappa shape index (κ1) is 20.3. The van der Waals surface area contributed by atoms with Crippen LogP contribution >= 0.6 is 0 Å². The number of ether oxygens (including phenoxy) is 1. The summed E-state index contributed by atoms with van der Waals surface area (Å²) < 4.78 is 18.8. The number of halogens is 1. The summed E-state index contributed by atoms with van der Waals surface area (Å²) in [5, 5.41) is 0. The van der Waals surface area contributed by atoms with Gasteiger partial charge in [-0.05, 0) is 50.4 Å². The molecule has 158 valence electrons. The summed E-state index contributed by atoms with van der Waals surface area (Å²) in [5.74, 6) is -0.123. The van der Waals surface area contributed by atoms with Gasteiger partial charge in [-0.2, -0.15) is 0 Å². The molecule has 3 aliphatic rings. The molecule has 0 radical (unpaired) electrons. The Hall–Kier alpha value is -1.99. The Morgan fingerprint density at radius 2 is 1.72 bits per heavy atom. The highest BCUT2D eigenvalue weighted by molar-refractivity contribution is 5.94. The van der Waals surface area contributed by atoms with Crippen LogP contribution in [0.1, 0.15) is 36.0 Å². The third-order valence-electron chi connectivity index (χ3n) is 6.46. The van der Waals surface area contributed by atoms with Crippen LogP contribution in [-0.2, 0) is 9.53 Å². The number of nitrogens with zero attached hydrogens (tertiary/aromatic N) is 3. The van der Waals surface area contributed by atoms with Gasteiger partial charge in [0.1, 0.15) is 5.82 Å². The number of rotatable bonds is 3. The average Bonchev–Trinajstić information content (AvgIpc) is 2.79. The Labute approximate surface area is 171 Å². The van der Waals surface area contributed by atoms with E-state index in [1.807, 2.05) is 9.80 Å². The molecule has 7 heteroatoms. The van der Waals surface area contributed by atoms with Crippen LogP contribution in [0.4, 0.5) is 4.39 Å². The smallest absolute Gasteiger partial charge is 0.253 e. The molecule has 0 unspecified atom stereocenters. The molecule has 3 heterocycles. The summed E-state index contributed by atoms with van der Waals surface area (Å²) in [6.45, 7) is 5.89. The molecular formula is C22H30FN3O3. The highest BCUT2D eigenvalue weighted by Gasteiger charge is 2.34. The Kier molecular flexibility index (Phi) is 6.45. The lowest BCUT2D eigenvalue weighted by Crippen LogP contribution is -2.53. The van der Waals surface area contributed by atoms with Crippen molar-refractivity contribution in [3.63, 3.8) is 0 Å². The molecule has 4 rings (SSSR count). The van der Waals surface area contributed by atoms with Gasteiger partial charge < -0.3 is 14.5 Å². The van der Waals surface area contributed by atoms with E-state index in [1.54, 1.807) is 12.1 Å². The van der Waals surface area contributed by atoms with Crippen molar-refractivity contribution in [2.75, 3.05) is 52.5 Å². The lowest BCUT2D eigenvalue weighted by molar-refractivity contribution is -0.141. The van der Waals surface area contributed by atoms with E-state index < -0.39 is 0 Å². The third kappa shape index (κ3) is 4.78. The van der Waals surface area contributed by atoms with Crippen LogP contribution in [0.25, 0.3) is 0 Å². The minimum atomic E-state index is -0.380. The van der Waals surface area contributed by atoms with Crippen molar-refractivity contribution >= 4 is 11.8 Å². The van der Waals surface area contributed by atoms with Crippen LogP contribution in [0.3, 0.4) is 0 Å². The number of piperidine rings is 2. The summed E-state index contributed by atoms with van der Waals surface area (Å²) in [6, 6.07) is 6.32. The van der Waals surface area contributed by atoms with E-state index in [-0.39, 0.29) is 23.5 Å². The van der Waals surface area contributed by atoms with Crippen molar-refractivity contribution in [1.82, 2.24) is 14.7 Å². The summed E-state index contributed by atoms with van der Waals surface area (Å²) in [6.07, 6.45) is 3.81. The molecule has 0 aromatic heterocycles. The number of hydrogen-bond donors (Lipinski definition) is 0. The van der Waals surface area contributed by atoms with Crippen molar-refractivity contribution in [2.45, 2.75) is 31.7 Å². The first-order valence-electron chi connectivity index (χ1n) is 10.8. The maximum Gasteiger partial charge on any atom is 0.253 e. The number of carbonyl (C=O) groups is 2. The maximum atomic E-state index is 13.4. The van der Waals surface area contributed by atoms with Crippen LogP contribution < -0.4 is 0 Å². The summed E-state index contributed by atoms with van der Waals surface area (Å²) >= 11 is 0. The minimum absolute atomic E-state index is 0.0776. The highest BCUT2D eigenvalue weighted by Crippen LogP contribution is 2.26. The molecule has 6 nitrogen and oxygen atoms in total. The minimum Gasteiger partial charge on any atom is -0.378 e. The van der Waals surface area contributed by atoms with E-state index in [1.165, 1.54) is 12.1 Å². The zero-order valence-corrected chi connectivity index (χ0v) is 16.9. The van der Waals surface area contributed by atoms with Gasteiger partial charge in [-0.1, -0.05) is 6.07 Å². The molecule has 0 saturated carbocycles. The quantitative estimate of drug-likeness (QED) is 0.775. The molecule has 29 heavy (non-hydrogen) atoms. The standard InChI is InChI=1S/C22H30FN3O3/c23-19-5-1-3-17(15-19)21(27)24-9-6-20(7-10-24)26-8-2-4-18(16-26)22(28)25-11-13-29-14-12-25/h1,3,5,15,18,20H,2,4,6-14,16H2/t18-/m1/s1. The fourth-order valence-corrected chi connectivity index (χ4v) is 4.82. The van der Waals surface area contributed by atoms with Gasteiger partial charge in [0.2, 0.25) is 5.91 Å². The molecular weight excluding hydrogens is 373 g/mol. The molecule has 1 atom stereocenters. The van der Waals surface area contributed by atoms with Gasteiger partial charge in [0, 0.05) is 44.3 Å². The van der Waals surface area contributed by atoms with E-state index in [2.05, 4.69) is 4.90 Å². The average molecular weight is 403 g/mol. The van der Waals surface area contributed by atoms with Crippen molar-refractivity contribution in [3.05, 3.63) is 35.6 Å². The Morgan fingerprint density at radius 1 is 0.966 bits per heavy atom. The zero-order chi connectivity index (χ0) is 20.2. The number of likely N-dealkylation sites (tertiary alicyclic amines) is 2. The van der Waals surface area contributed by atoms with Crippen LogP contribution in [0, 0.1) is 11.7 Å². The molecule has 0 N–H and O–H groups in total. The Bertz CT molecular complexity index is 730. The molecule has 0 bridgehead atoms. The summed E-state index contributed by atoms with van der Waals surface area (Å²) in [4.78, 5) is 31.7. The largest absolute Gasteiger partial charge is 0.378 e. The van der Waals surface area contributed by atoms with E-state index >= 15 is 0 Å². The SMILES string of the molecule is O=C(c1cccc(F)c1)N1CCC(N2CCC[C@@H](C(=O)N3CCOCC3)C2)CC1. The van der Waals surface area contributed by atoms with E-state index in [4.69, 9.17) is 4.74 Å². The Morgan fingerprint density at radius 3 is 2.45 bits per heavy atom. The van der Waals surface area contributed by atoms with Crippen LogP contribution in [0.5, 0.6) is 0 Å². The normalized spacial score (nSPS) is 24.5. The third-order valence-corrected chi connectivity index (χ3v) is 6.46. The summed E-state index contributed by atoms with van der Waals surface area (Å²) in [5.41, 5.74) is 0.414. The van der Waals surface area contributed by atoms with Crippen molar-refractivity contribution < 1.29 is 18.7 Å². The van der Waals surface area contributed by atoms with Crippen LogP contribution in [0.15, 0.2) is 24.3 Å². The number of carbonyl (C=O) groups excluding carboxylic acids is 2. The van der Waals surface area contributed by atoms with Crippen LogP contribution in [-0.4, -0.2) is 85.0 Å². The second kappa shape index (κ2) is 9.22. The molecule has 0 spiro atoms. The molecule has 3 aliphatic heterocycles. The molecule has 0 aliphatic carbocycles. The lowest BCUT2D eigenvalue weighted by Gasteiger charge is -2.43. The van der Waals surface area contributed by atoms with Crippen LogP contribution in [0.2, 0.25) is 0 Å². The van der Waals surface area contributed by atoms with E-state index in [0.29, 0.717) is 51.0 Å². The first-order chi connectivity index (χ1) is 14.1. The highest BCUT2D eigenvalue weighted by atomic mass is 19.1. The van der Waals surface area contributed by atoms with E-state index in [0.717, 1.165) is 38.8 Å². The molecule has 3 fully saturated rings. The molecule has 1 aromatic rings. The first-order valence-corrected chi connectivity index (χ1v) is 10.8. The Balaban J connectivity index is 1.30. The molecule has 1 aromatic carbocycles. The monoisotopic (exact) mass is 403 g/mol. The topological polar surface area (TPSA) is 53.1 Å². The van der Waals surface area contributed by atoms with Gasteiger partial charge in [0.25, 0.3) is 5.91 Å². The van der Waals surface area contributed by atoms with Crippen molar-refractivity contribution in [3.8, 4) is 0 Å². The van der Waals surface area contributed by atoms with Gasteiger partial charge in [-0.25, -0.2) is 4.39 Å². The van der Waals surface area contributed by atoms with Gasteiger partial charge in [-0.3, -0.25) is 14.5 Å². The second-order valence-corrected chi connectivity index (χ2v) is 8.31. The predicted molar refractivity (Wildman–Crippen MR) is 107 cm³/mol. The van der Waals surface area contributed by atoms with Crippen molar-refractivity contribution in [1.29, 1.82) is 0 Å².